The summed E-state index contributed by atoms with van der Waals surface area (Å²) in [6.07, 6.45) is 0. The van der Waals surface area contributed by atoms with E-state index in [1.165, 1.54) is 5.56 Å². The molecule has 0 saturated carbocycles. The van der Waals surface area contributed by atoms with Crippen LogP contribution in [0.1, 0.15) is 18.5 Å². The molecule has 0 N–H and O–H groups in total. The smallest absolute Gasteiger partial charge is 0.806 e. The van der Waals surface area contributed by atoms with E-state index in [1.54, 1.807) is 0 Å². The normalized spacial score (nSPS) is 12.7. The first-order valence-corrected chi connectivity index (χ1v) is 4.13. The van der Waals surface area contributed by atoms with Crippen molar-refractivity contribution in [1.82, 2.24) is 4.90 Å². The zero-order valence-corrected chi connectivity index (χ0v) is 8.98. The van der Waals surface area contributed by atoms with E-state index in [1.807, 2.05) is 12.1 Å². The maximum absolute atomic E-state index is 5.15. The second-order valence-corrected chi connectivity index (χ2v) is 3.42. The minimum Gasteiger partial charge on any atom is -0.806 e. The molecule has 0 aromatic heterocycles. The van der Waals surface area contributed by atoms with Crippen molar-refractivity contribution >= 4 is 12.6 Å². The summed E-state index contributed by atoms with van der Waals surface area (Å²) < 4.78 is 0. The summed E-state index contributed by atoms with van der Waals surface area (Å²) in [7, 11) is 4.12. The summed E-state index contributed by atoms with van der Waals surface area (Å²) in [5, 5.41) is 0. The van der Waals surface area contributed by atoms with E-state index in [4.69, 9.17) is 12.6 Å². The van der Waals surface area contributed by atoms with Gasteiger partial charge in [0.15, 0.2) is 0 Å². The molecule has 1 aromatic carbocycles. The fourth-order valence-electron chi connectivity index (χ4n) is 1.04. The molecular formula is C9H13LiNS-. The molecule has 0 spiro atoms. The van der Waals surface area contributed by atoms with Crippen molar-refractivity contribution in [2.75, 3.05) is 14.1 Å². The standard InChI is InChI=1S/C9H14NS.Li/c1-7(10(2)3)8-5-4-6-9(8)11;/h4-7,11H,1-3H3;/q-1;+1/p-1/t7-;/m1./s1. The fraction of sp³-hybridized carbons (Fsp3) is 0.444. The molecule has 0 aliphatic carbocycles. The second-order valence-electron chi connectivity index (χ2n) is 2.98. The Morgan fingerprint density at radius 2 is 2.08 bits per heavy atom. The molecule has 0 amide bonds. The summed E-state index contributed by atoms with van der Waals surface area (Å²) in [4.78, 5) is 3.14. The topological polar surface area (TPSA) is 3.24 Å². The Labute approximate surface area is 92.1 Å². The third-order valence-electron chi connectivity index (χ3n) is 2.03. The summed E-state index contributed by atoms with van der Waals surface area (Å²) in [5.41, 5.74) is 1.25. The predicted octanol–water partition coefficient (Wildman–Crippen LogP) is -1.06. The van der Waals surface area contributed by atoms with Gasteiger partial charge in [-0.05, 0) is 20.1 Å². The monoisotopic (exact) mass is 174 g/mol. The van der Waals surface area contributed by atoms with Gasteiger partial charge in [0.25, 0.3) is 0 Å². The average molecular weight is 174 g/mol. The van der Waals surface area contributed by atoms with Gasteiger partial charge in [0, 0.05) is 0 Å². The van der Waals surface area contributed by atoms with Gasteiger partial charge >= 0.3 is 18.9 Å². The van der Waals surface area contributed by atoms with Gasteiger partial charge in [0.1, 0.15) is 0 Å². The zero-order valence-electron chi connectivity index (χ0n) is 8.16. The van der Waals surface area contributed by atoms with Crippen LogP contribution in [0.15, 0.2) is 23.1 Å². The Morgan fingerprint density at radius 3 is 2.42 bits per heavy atom. The van der Waals surface area contributed by atoms with E-state index >= 15 is 0 Å². The average Bonchev–Trinajstić information content (AvgIpc) is 2.33. The Hall–Kier alpha value is 0.127. The van der Waals surface area contributed by atoms with Gasteiger partial charge in [-0.2, -0.15) is 12.1 Å². The van der Waals surface area contributed by atoms with E-state index in [2.05, 4.69) is 32.0 Å². The summed E-state index contributed by atoms with van der Waals surface area (Å²) in [5.74, 6) is 0. The van der Waals surface area contributed by atoms with E-state index in [-0.39, 0.29) is 18.9 Å². The summed E-state index contributed by atoms with van der Waals surface area (Å²) >= 11 is 5.15. The quantitative estimate of drug-likeness (QED) is 0.319. The van der Waals surface area contributed by atoms with Crippen molar-refractivity contribution in [3.63, 3.8) is 0 Å². The minimum absolute atomic E-state index is 0. The SMILES string of the molecule is C[C@H](c1cc[cH-]c1[S-])N(C)C.[Li+]. The third kappa shape index (κ3) is 2.57. The van der Waals surface area contributed by atoms with Crippen LogP contribution in [0, 0.1) is 0 Å². The molecule has 0 aliphatic heterocycles. The molecule has 0 bridgehead atoms. The summed E-state index contributed by atoms with van der Waals surface area (Å²) in [6, 6.07) is 6.51. The van der Waals surface area contributed by atoms with Crippen molar-refractivity contribution in [2.45, 2.75) is 17.9 Å². The van der Waals surface area contributed by atoms with Crippen LogP contribution < -0.4 is 18.9 Å². The number of hydrogen-bond donors (Lipinski definition) is 0. The van der Waals surface area contributed by atoms with Crippen LogP contribution in [0.2, 0.25) is 0 Å². The van der Waals surface area contributed by atoms with Crippen LogP contribution in [0.25, 0.3) is 0 Å². The Balaban J connectivity index is 0.00000121. The van der Waals surface area contributed by atoms with Gasteiger partial charge in [0.05, 0.1) is 0 Å². The summed E-state index contributed by atoms with van der Waals surface area (Å²) in [6.45, 7) is 2.16. The number of hydrogen-bond acceptors (Lipinski definition) is 2. The van der Waals surface area contributed by atoms with Crippen molar-refractivity contribution < 1.29 is 18.9 Å². The van der Waals surface area contributed by atoms with Crippen molar-refractivity contribution in [3.05, 3.63) is 23.8 Å². The van der Waals surface area contributed by atoms with E-state index in [9.17, 15) is 0 Å². The molecule has 12 heavy (non-hydrogen) atoms. The number of nitrogens with zero attached hydrogens (tertiary/aromatic N) is 1. The first-order chi connectivity index (χ1) is 5.13. The largest absolute Gasteiger partial charge is 1.00 e. The first-order valence-electron chi connectivity index (χ1n) is 3.72. The second kappa shape index (κ2) is 4.99. The molecule has 1 atom stereocenters. The maximum Gasteiger partial charge on any atom is 1.00 e. The molecular weight excluding hydrogens is 161 g/mol. The van der Waals surface area contributed by atoms with Gasteiger partial charge < -0.3 is 17.5 Å². The molecule has 0 aliphatic rings. The maximum atomic E-state index is 5.15. The molecule has 0 fully saturated rings. The van der Waals surface area contributed by atoms with Crippen LogP contribution in [0.3, 0.4) is 0 Å². The molecule has 0 saturated heterocycles. The fourth-order valence-corrected chi connectivity index (χ4v) is 1.36. The van der Waals surface area contributed by atoms with Crippen LogP contribution >= 0.6 is 0 Å². The molecule has 1 aromatic rings. The Morgan fingerprint density at radius 1 is 1.50 bits per heavy atom. The third-order valence-corrected chi connectivity index (χ3v) is 2.40. The molecule has 0 radical (unpaired) electrons. The van der Waals surface area contributed by atoms with Gasteiger partial charge in [-0.3, -0.25) is 4.90 Å². The van der Waals surface area contributed by atoms with Gasteiger partial charge in [-0.15, -0.1) is 0 Å². The Bertz CT molecular complexity index is 232. The van der Waals surface area contributed by atoms with Crippen LogP contribution in [0.4, 0.5) is 0 Å². The van der Waals surface area contributed by atoms with Crippen molar-refractivity contribution in [3.8, 4) is 0 Å². The predicted molar refractivity (Wildman–Crippen MR) is 49.8 cm³/mol. The number of rotatable bonds is 2. The Kier molecular flexibility index (Phi) is 5.04. The molecule has 62 valence electrons. The molecule has 3 heteroatoms. The first kappa shape index (κ1) is 12.1. The zero-order chi connectivity index (χ0) is 8.43. The minimum atomic E-state index is 0. The van der Waals surface area contributed by atoms with Gasteiger partial charge in [-0.1, -0.05) is 6.92 Å². The van der Waals surface area contributed by atoms with E-state index < -0.39 is 0 Å². The molecule has 0 unspecified atom stereocenters. The van der Waals surface area contributed by atoms with Crippen LogP contribution in [-0.2, 0) is 12.6 Å². The molecule has 1 rings (SSSR count). The van der Waals surface area contributed by atoms with E-state index in [0.717, 1.165) is 4.90 Å². The van der Waals surface area contributed by atoms with Crippen molar-refractivity contribution in [2.24, 2.45) is 0 Å². The van der Waals surface area contributed by atoms with Gasteiger partial charge in [-0.25, -0.2) is 11.6 Å². The molecule has 0 heterocycles. The van der Waals surface area contributed by atoms with Crippen molar-refractivity contribution in [1.29, 1.82) is 0 Å². The van der Waals surface area contributed by atoms with Crippen LogP contribution in [0.5, 0.6) is 0 Å². The van der Waals surface area contributed by atoms with Gasteiger partial charge in [0.2, 0.25) is 0 Å². The van der Waals surface area contributed by atoms with E-state index in [0.29, 0.717) is 6.04 Å². The van der Waals surface area contributed by atoms with Crippen LogP contribution in [-0.4, -0.2) is 19.0 Å². The molecule has 1 nitrogen and oxygen atoms in total.